The number of hydrogen-bond acceptors (Lipinski definition) is 3. The summed E-state index contributed by atoms with van der Waals surface area (Å²) >= 11 is 5.89. The Balaban J connectivity index is 2.64. The van der Waals surface area contributed by atoms with E-state index in [0.29, 0.717) is 17.9 Å². The van der Waals surface area contributed by atoms with Crippen molar-refractivity contribution in [3.63, 3.8) is 0 Å². The van der Waals surface area contributed by atoms with Gasteiger partial charge in [0.15, 0.2) is 0 Å². The molecule has 1 aromatic rings. The molecule has 1 aromatic carbocycles. The molecule has 3 N–H and O–H groups in total. The minimum absolute atomic E-state index is 0.219. The van der Waals surface area contributed by atoms with Crippen molar-refractivity contribution < 1.29 is 22.8 Å². The maximum Gasteiger partial charge on any atom is 0.405 e. The summed E-state index contributed by atoms with van der Waals surface area (Å²) in [6, 6.07) is 5.98. The van der Waals surface area contributed by atoms with Gasteiger partial charge in [-0.05, 0) is 30.5 Å². The van der Waals surface area contributed by atoms with E-state index in [1.54, 1.807) is 17.4 Å². The first-order valence-corrected chi connectivity index (χ1v) is 8.15. The molecule has 0 atom stereocenters. The van der Waals surface area contributed by atoms with Crippen LogP contribution in [0.4, 0.5) is 18.0 Å². The van der Waals surface area contributed by atoms with Crippen molar-refractivity contribution >= 4 is 23.5 Å². The number of nitrogens with one attached hydrogen (secondary N) is 3. The molecule has 0 aromatic heterocycles. The Kier molecular flexibility index (Phi) is 7.69. The van der Waals surface area contributed by atoms with Crippen LogP contribution < -0.4 is 16.0 Å². The summed E-state index contributed by atoms with van der Waals surface area (Å²) in [7, 11) is 0. The summed E-state index contributed by atoms with van der Waals surface area (Å²) in [6.45, 7) is 2.17. The molecule has 0 fully saturated rings. The fraction of sp³-hybridized carbons (Fsp3) is 0.500. The average Bonchev–Trinajstić information content (AvgIpc) is 2.55. The minimum Gasteiger partial charge on any atom is -0.329 e. The van der Waals surface area contributed by atoms with Crippen LogP contribution in [0.5, 0.6) is 0 Å². The zero-order valence-electron chi connectivity index (χ0n) is 14.0. The lowest BCUT2D eigenvalue weighted by atomic mass is 9.84. The number of carbonyl (C=O) groups excluding carboxylic acids is 2. The lowest BCUT2D eigenvalue weighted by Crippen LogP contribution is -2.50. The van der Waals surface area contributed by atoms with Gasteiger partial charge >= 0.3 is 12.2 Å². The van der Waals surface area contributed by atoms with Gasteiger partial charge in [0.2, 0.25) is 5.91 Å². The first kappa shape index (κ1) is 21.2. The van der Waals surface area contributed by atoms with E-state index >= 15 is 0 Å². The van der Waals surface area contributed by atoms with Gasteiger partial charge in [0, 0.05) is 10.6 Å². The third kappa shape index (κ3) is 6.91. The van der Waals surface area contributed by atoms with Crippen LogP contribution in [0, 0.1) is 0 Å². The number of hydrogen-bond donors (Lipinski definition) is 3. The molecule has 0 unspecified atom stereocenters. The first-order valence-electron chi connectivity index (χ1n) is 7.77. The molecule has 0 radical (unpaired) electrons. The quantitative estimate of drug-likeness (QED) is 0.680. The number of alkyl halides is 3. The van der Waals surface area contributed by atoms with Gasteiger partial charge in [0.05, 0.1) is 6.54 Å². The van der Waals surface area contributed by atoms with Crippen LogP contribution >= 0.6 is 11.6 Å². The zero-order valence-corrected chi connectivity index (χ0v) is 14.7. The number of amides is 3. The molecule has 9 heteroatoms. The van der Waals surface area contributed by atoms with Gasteiger partial charge in [0.1, 0.15) is 6.54 Å². The van der Waals surface area contributed by atoms with Crippen LogP contribution in [0.15, 0.2) is 24.3 Å². The third-order valence-electron chi connectivity index (χ3n) is 3.89. The average molecular weight is 380 g/mol. The molecule has 25 heavy (non-hydrogen) atoms. The molecule has 0 heterocycles. The highest BCUT2D eigenvalue weighted by atomic mass is 35.5. The molecule has 0 aliphatic carbocycles. The Morgan fingerprint density at radius 3 is 2.12 bits per heavy atom. The number of halogens is 4. The van der Waals surface area contributed by atoms with Crippen molar-refractivity contribution in [2.24, 2.45) is 0 Å². The van der Waals surface area contributed by atoms with Crippen LogP contribution in [-0.2, 0) is 10.3 Å². The number of benzene rings is 1. The largest absolute Gasteiger partial charge is 0.405 e. The lowest BCUT2D eigenvalue weighted by molar-refractivity contribution is -0.124. The summed E-state index contributed by atoms with van der Waals surface area (Å²) in [5, 5.41) is 7.11. The maximum absolute atomic E-state index is 12.0. The first-order chi connectivity index (χ1) is 11.6. The highest BCUT2D eigenvalue weighted by molar-refractivity contribution is 6.30. The van der Waals surface area contributed by atoms with E-state index in [1.165, 1.54) is 0 Å². The van der Waals surface area contributed by atoms with Crippen molar-refractivity contribution in [1.29, 1.82) is 0 Å². The van der Waals surface area contributed by atoms with Crippen molar-refractivity contribution in [2.75, 3.05) is 13.1 Å². The Hall–Kier alpha value is -1.80. The van der Waals surface area contributed by atoms with E-state index in [4.69, 9.17) is 11.6 Å². The number of carbonyl (C=O) groups is 2. The number of urea groups is 1. The van der Waals surface area contributed by atoms with Gasteiger partial charge in [-0.3, -0.25) is 15.4 Å². The summed E-state index contributed by atoms with van der Waals surface area (Å²) < 4.78 is 36.0. The molecule has 1 rings (SSSR count). The van der Waals surface area contributed by atoms with E-state index in [0.717, 1.165) is 5.56 Å². The normalized spacial score (nSPS) is 11.9. The molecule has 0 spiro atoms. The van der Waals surface area contributed by atoms with E-state index < -0.39 is 30.2 Å². The number of imide groups is 1. The summed E-state index contributed by atoms with van der Waals surface area (Å²) in [5.74, 6) is -0.722. The number of rotatable bonds is 7. The second-order valence-electron chi connectivity index (χ2n) is 5.50. The molecule has 5 nitrogen and oxygen atoms in total. The van der Waals surface area contributed by atoms with Crippen LogP contribution in [0.1, 0.15) is 32.3 Å². The molecular formula is C16H21ClF3N3O2. The second kappa shape index (κ2) is 9.05. The molecule has 140 valence electrons. The molecule has 0 saturated carbocycles. The van der Waals surface area contributed by atoms with E-state index in [1.807, 2.05) is 31.3 Å². The fourth-order valence-corrected chi connectivity index (χ4v) is 2.55. The van der Waals surface area contributed by atoms with Gasteiger partial charge in [0.25, 0.3) is 0 Å². The van der Waals surface area contributed by atoms with Crippen LogP contribution in [0.2, 0.25) is 5.02 Å². The van der Waals surface area contributed by atoms with Gasteiger partial charge in [-0.25, -0.2) is 4.79 Å². The Morgan fingerprint density at radius 2 is 1.64 bits per heavy atom. The zero-order chi connectivity index (χ0) is 19.1. The summed E-state index contributed by atoms with van der Waals surface area (Å²) in [6.07, 6.45) is -3.20. The van der Waals surface area contributed by atoms with Crippen LogP contribution in [0.25, 0.3) is 0 Å². The van der Waals surface area contributed by atoms with E-state index in [9.17, 15) is 22.8 Å². The topological polar surface area (TPSA) is 70.2 Å². The van der Waals surface area contributed by atoms with Crippen molar-refractivity contribution in [1.82, 2.24) is 16.0 Å². The van der Waals surface area contributed by atoms with Gasteiger partial charge in [-0.15, -0.1) is 0 Å². The van der Waals surface area contributed by atoms with Crippen LogP contribution in [0.3, 0.4) is 0 Å². The molecule has 0 bridgehead atoms. The smallest absolute Gasteiger partial charge is 0.329 e. The maximum atomic E-state index is 12.0. The SMILES string of the molecule is CCC(CC)(NCC(=O)NC(=O)NCC(F)(F)F)c1ccc(Cl)cc1. The van der Waals surface area contributed by atoms with Gasteiger partial charge in [-0.2, -0.15) is 13.2 Å². The molecule has 3 amide bonds. The molecule has 0 aliphatic rings. The standard InChI is InChI=1S/C16H21ClF3N3O2/c1-3-15(4-2,11-5-7-12(17)8-6-11)22-9-13(24)23-14(25)21-10-16(18,19)20/h5-8,22H,3-4,9-10H2,1-2H3,(H2,21,23,24,25). The molecular weight excluding hydrogens is 359 g/mol. The van der Waals surface area contributed by atoms with Crippen molar-refractivity contribution in [2.45, 2.75) is 38.4 Å². The minimum atomic E-state index is -4.53. The second-order valence-corrected chi connectivity index (χ2v) is 5.93. The molecule has 0 saturated heterocycles. The Bertz CT molecular complexity index is 587. The highest BCUT2D eigenvalue weighted by Crippen LogP contribution is 2.29. The van der Waals surface area contributed by atoms with Crippen molar-refractivity contribution in [3.8, 4) is 0 Å². The van der Waals surface area contributed by atoms with Crippen molar-refractivity contribution in [3.05, 3.63) is 34.9 Å². The predicted molar refractivity (Wildman–Crippen MR) is 89.3 cm³/mol. The van der Waals surface area contributed by atoms with E-state index in [-0.39, 0.29) is 6.54 Å². The molecule has 0 aliphatic heterocycles. The Morgan fingerprint density at radius 1 is 1.08 bits per heavy atom. The van der Waals surface area contributed by atoms with Crippen LogP contribution in [-0.4, -0.2) is 31.2 Å². The lowest BCUT2D eigenvalue weighted by Gasteiger charge is -2.33. The predicted octanol–water partition coefficient (Wildman–Crippen LogP) is 3.33. The third-order valence-corrected chi connectivity index (χ3v) is 4.15. The van der Waals surface area contributed by atoms with Gasteiger partial charge in [-0.1, -0.05) is 37.6 Å². The highest BCUT2D eigenvalue weighted by Gasteiger charge is 2.30. The Labute approximate surface area is 149 Å². The summed E-state index contributed by atoms with van der Waals surface area (Å²) in [5.41, 5.74) is 0.418. The van der Waals surface area contributed by atoms with E-state index in [2.05, 4.69) is 5.32 Å². The fourth-order valence-electron chi connectivity index (χ4n) is 2.42. The van der Waals surface area contributed by atoms with Gasteiger partial charge < -0.3 is 5.32 Å². The monoisotopic (exact) mass is 379 g/mol. The summed E-state index contributed by atoms with van der Waals surface area (Å²) in [4.78, 5) is 23.1.